The van der Waals surface area contributed by atoms with Crippen LogP contribution in [0.1, 0.15) is 42.4 Å². The van der Waals surface area contributed by atoms with Crippen LogP contribution in [0, 0.1) is 11.7 Å². The Balaban J connectivity index is 0.00000392. The second-order valence-electron chi connectivity index (χ2n) is 12.5. The Hall–Kier alpha value is -5.86. The zero-order valence-electron chi connectivity index (χ0n) is 30.1. The van der Waals surface area contributed by atoms with E-state index < -0.39 is 30.0 Å². The van der Waals surface area contributed by atoms with Gasteiger partial charge in [0.2, 0.25) is 5.91 Å². The van der Waals surface area contributed by atoms with E-state index in [2.05, 4.69) is 10.6 Å². The van der Waals surface area contributed by atoms with Crippen LogP contribution in [0.4, 0.5) is 25.4 Å². The van der Waals surface area contributed by atoms with Crippen molar-refractivity contribution in [1.29, 1.82) is 0 Å². The Morgan fingerprint density at radius 1 is 0.962 bits per heavy atom. The average molecular weight is 722 g/mol. The number of nitrogens with one attached hydrogen (secondary N) is 2. The van der Waals surface area contributed by atoms with Crippen LogP contribution in [0.15, 0.2) is 71.5 Å². The Morgan fingerprint density at radius 2 is 1.65 bits per heavy atom. The molecule has 1 aliphatic rings. The van der Waals surface area contributed by atoms with E-state index in [-0.39, 0.29) is 58.8 Å². The van der Waals surface area contributed by atoms with Crippen molar-refractivity contribution in [3.05, 3.63) is 88.7 Å². The van der Waals surface area contributed by atoms with Gasteiger partial charge in [0.05, 0.1) is 56.5 Å². The fourth-order valence-corrected chi connectivity index (χ4v) is 6.12. The molecule has 0 saturated carbocycles. The van der Waals surface area contributed by atoms with Crippen molar-refractivity contribution in [3.8, 4) is 11.5 Å². The quantitative estimate of drug-likeness (QED) is 0.208. The van der Waals surface area contributed by atoms with E-state index in [0.29, 0.717) is 33.8 Å². The number of aromatic nitrogens is 2. The normalized spacial score (nSPS) is 14.1. The van der Waals surface area contributed by atoms with Crippen LogP contribution in [-0.2, 0) is 9.53 Å². The van der Waals surface area contributed by atoms with Crippen LogP contribution in [0.25, 0.3) is 10.9 Å². The second kappa shape index (κ2) is 16.4. The summed E-state index contributed by atoms with van der Waals surface area (Å²) in [6.07, 6.45) is -0.665. The van der Waals surface area contributed by atoms with Crippen molar-refractivity contribution >= 4 is 40.3 Å². The van der Waals surface area contributed by atoms with Gasteiger partial charge in [0.25, 0.3) is 5.56 Å². The molecular formula is C37H48FN7O7. The van der Waals surface area contributed by atoms with Crippen LogP contribution in [0.2, 0.25) is 0 Å². The highest BCUT2D eigenvalue weighted by molar-refractivity contribution is 6.03. The van der Waals surface area contributed by atoms with Gasteiger partial charge in [0.15, 0.2) is 5.82 Å². The minimum atomic E-state index is -0.890. The number of benzene rings is 3. The number of halogens is 1. The molecule has 4 aromatic rings. The molecule has 0 aliphatic carbocycles. The maximum Gasteiger partial charge on any atom is 0.407 e. The summed E-state index contributed by atoms with van der Waals surface area (Å²) in [6, 6.07) is 15.0. The summed E-state index contributed by atoms with van der Waals surface area (Å²) < 4.78 is 31.3. The van der Waals surface area contributed by atoms with Gasteiger partial charge in [-0.25, -0.2) is 23.6 Å². The number of anilines is 2. The summed E-state index contributed by atoms with van der Waals surface area (Å²) in [4.78, 5) is 62.4. The van der Waals surface area contributed by atoms with Gasteiger partial charge in [-0.3, -0.25) is 14.5 Å². The standard InChI is InChI=1S/C37H44FN7O7.2H2/c1-7-52-37(49)41-32(23(2)3)35(47)42-18-20-43(21-19-42)45-33(40-29-11-9-8-10-28(29)34(45)46)24(4)44(30-17-16-27(50-5)22-31(30)51-6)36(48)39-26-14-12-25(38)13-15-26;;/h8-17,22-24,32H,7,18-21H2,1-6H3,(H,39,48)(H,41,49);2*1H/t24?,32-;;/m0../s1. The third-order valence-corrected chi connectivity index (χ3v) is 8.83. The van der Waals surface area contributed by atoms with Crippen molar-refractivity contribution in [2.24, 2.45) is 5.92 Å². The van der Waals surface area contributed by atoms with Gasteiger partial charge in [-0.2, -0.15) is 0 Å². The van der Waals surface area contributed by atoms with Crippen molar-refractivity contribution < 1.29 is 35.8 Å². The first-order valence-corrected chi connectivity index (χ1v) is 17.0. The zero-order chi connectivity index (χ0) is 37.5. The summed E-state index contributed by atoms with van der Waals surface area (Å²) in [5, 5.41) is 7.69. The number of carbonyl (C=O) groups is 3. The number of alkyl carbamates (subject to hydrolysis) is 1. The van der Waals surface area contributed by atoms with Crippen LogP contribution >= 0.6 is 0 Å². The lowest BCUT2D eigenvalue weighted by atomic mass is 10.0. The smallest absolute Gasteiger partial charge is 0.407 e. The highest BCUT2D eigenvalue weighted by atomic mass is 19.1. The first-order valence-electron chi connectivity index (χ1n) is 17.0. The summed E-state index contributed by atoms with van der Waals surface area (Å²) in [7, 11) is 2.98. The molecule has 2 heterocycles. The monoisotopic (exact) mass is 721 g/mol. The Morgan fingerprint density at radius 3 is 2.29 bits per heavy atom. The lowest BCUT2D eigenvalue weighted by Crippen LogP contribution is -2.60. The number of ether oxygens (including phenoxy) is 3. The molecule has 3 aromatic carbocycles. The summed E-state index contributed by atoms with van der Waals surface area (Å²) in [5.74, 6) is 0.156. The zero-order valence-corrected chi connectivity index (χ0v) is 30.1. The van der Waals surface area contributed by atoms with Gasteiger partial charge >= 0.3 is 12.1 Å². The lowest BCUT2D eigenvalue weighted by molar-refractivity contribution is -0.134. The molecule has 0 bridgehead atoms. The number of methoxy groups -OCH3 is 2. The van der Waals surface area contributed by atoms with Gasteiger partial charge in [0, 0.05) is 27.7 Å². The molecule has 15 heteroatoms. The van der Waals surface area contributed by atoms with Gasteiger partial charge in [-0.05, 0) is 68.3 Å². The number of para-hydroxylation sites is 1. The minimum absolute atomic E-state index is 0. The molecule has 280 valence electrons. The molecule has 2 N–H and O–H groups in total. The Kier molecular flexibility index (Phi) is 11.8. The molecule has 2 atom stereocenters. The van der Waals surface area contributed by atoms with Crippen LogP contribution in [0.3, 0.4) is 0 Å². The number of fused-ring (bicyclic) bond motifs is 1. The van der Waals surface area contributed by atoms with Gasteiger partial charge in [-0.15, -0.1) is 0 Å². The summed E-state index contributed by atoms with van der Waals surface area (Å²) in [6.45, 7) is 8.30. The number of piperazine rings is 1. The van der Waals surface area contributed by atoms with E-state index in [1.54, 1.807) is 61.2 Å². The number of nitrogens with zero attached hydrogens (tertiary/aromatic N) is 5. The van der Waals surface area contributed by atoms with Gasteiger partial charge in [0.1, 0.15) is 23.4 Å². The summed E-state index contributed by atoms with van der Waals surface area (Å²) >= 11 is 0. The van der Waals surface area contributed by atoms with E-state index >= 15 is 0 Å². The molecule has 0 radical (unpaired) electrons. The van der Waals surface area contributed by atoms with Crippen LogP contribution in [0.5, 0.6) is 11.5 Å². The maximum absolute atomic E-state index is 14.4. The highest BCUT2D eigenvalue weighted by Gasteiger charge is 2.35. The molecule has 0 spiro atoms. The SMILES string of the molecule is CCOC(=O)N[C@H](C(=O)N1CCN(n2c(C(C)N(C(=O)Nc3ccc(F)cc3)c3ccc(OC)cc3OC)nc3ccccc3c2=O)CC1)C(C)C.[HH].[HH]. The van der Waals surface area contributed by atoms with E-state index in [1.165, 1.54) is 48.1 Å². The molecule has 1 saturated heterocycles. The fourth-order valence-electron chi connectivity index (χ4n) is 6.12. The molecule has 5 rings (SSSR count). The molecule has 1 aliphatic heterocycles. The first kappa shape index (κ1) is 37.4. The minimum Gasteiger partial charge on any atom is -0.497 e. The third kappa shape index (κ3) is 8.03. The molecule has 1 unspecified atom stereocenters. The van der Waals surface area contributed by atoms with Gasteiger partial charge < -0.3 is 34.8 Å². The topological polar surface area (TPSA) is 148 Å². The van der Waals surface area contributed by atoms with E-state index in [1.807, 2.05) is 18.9 Å². The molecular weight excluding hydrogens is 673 g/mol. The summed E-state index contributed by atoms with van der Waals surface area (Å²) in [5.41, 5.74) is 0.785. The Bertz CT molecular complexity index is 1970. The highest BCUT2D eigenvalue weighted by Crippen LogP contribution is 2.37. The second-order valence-corrected chi connectivity index (χ2v) is 12.5. The molecule has 1 aromatic heterocycles. The van der Waals surface area contributed by atoms with Crippen LogP contribution in [-0.4, -0.2) is 85.6 Å². The number of amides is 4. The molecule has 1 fully saturated rings. The number of rotatable bonds is 11. The number of hydrogen-bond acceptors (Lipinski definition) is 9. The molecule has 52 heavy (non-hydrogen) atoms. The maximum atomic E-state index is 14.4. The Labute approximate surface area is 304 Å². The predicted octanol–water partition coefficient (Wildman–Crippen LogP) is 5.40. The van der Waals surface area contributed by atoms with Crippen molar-refractivity contribution in [2.45, 2.75) is 39.8 Å². The average Bonchev–Trinajstić information content (AvgIpc) is 3.14. The molecule has 14 nitrogen and oxygen atoms in total. The van der Waals surface area contributed by atoms with E-state index in [9.17, 15) is 23.6 Å². The number of hydrogen-bond donors (Lipinski definition) is 2. The number of carbonyl (C=O) groups excluding carboxylic acids is 3. The third-order valence-electron chi connectivity index (χ3n) is 8.83. The largest absolute Gasteiger partial charge is 0.497 e. The van der Waals surface area contributed by atoms with Gasteiger partial charge in [-0.1, -0.05) is 26.0 Å². The lowest BCUT2D eigenvalue weighted by Gasteiger charge is -2.40. The van der Waals surface area contributed by atoms with Crippen molar-refractivity contribution in [3.63, 3.8) is 0 Å². The van der Waals surface area contributed by atoms with E-state index in [4.69, 9.17) is 19.2 Å². The van der Waals surface area contributed by atoms with Crippen LogP contribution < -0.4 is 35.6 Å². The number of urea groups is 1. The molecule has 4 amide bonds. The first-order chi connectivity index (χ1) is 25.0. The predicted molar refractivity (Wildman–Crippen MR) is 199 cm³/mol. The van der Waals surface area contributed by atoms with Crippen molar-refractivity contribution in [1.82, 2.24) is 19.9 Å². The van der Waals surface area contributed by atoms with Crippen molar-refractivity contribution in [2.75, 3.05) is 62.2 Å². The van der Waals surface area contributed by atoms with E-state index in [0.717, 1.165) is 0 Å². The fraction of sp³-hybridized carbons (Fsp3) is 0.378.